The van der Waals surface area contributed by atoms with Gasteiger partial charge in [0.2, 0.25) is 5.91 Å². The fraction of sp³-hybridized carbons (Fsp3) is 0.417. The molecule has 2 aromatic heterocycles. The zero-order valence-electron chi connectivity index (χ0n) is 18.5. The number of rotatable bonds is 8. The van der Waals surface area contributed by atoms with E-state index in [1.807, 2.05) is 31.2 Å². The number of aryl methyl sites for hydroxylation is 1. The lowest BCUT2D eigenvalue weighted by molar-refractivity contribution is -0.115. The molecule has 0 bridgehead atoms. The van der Waals surface area contributed by atoms with Crippen molar-refractivity contribution in [2.24, 2.45) is 0 Å². The van der Waals surface area contributed by atoms with Gasteiger partial charge in [-0.3, -0.25) is 14.2 Å². The number of aromatic nitrogens is 3. The van der Waals surface area contributed by atoms with Crippen LogP contribution in [0.1, 0.15) is 51.2 Å². The molecule has 3 aromatic rings. The number of amides is 1. The minimum Gasteiger partial charge on any atom is -0.360 e. The standard InChI is InChI=1S/C24H28N4O3S/c1-3-20(22(29)26-21-15-16(2)31-27-21)32-24-25-19-12-8-7-11-18(19)23(30)28(24)14-13-17-9-5-4-6-10-17/h7-9,11-12,15,20H,3-6,10,13-14H2,1-2H3,(H,26,27,29). The second-order valence-corrected chi connectivity index (χ2v) is 9.22. The molecule has 0 saturated heterocycles. The van der Waals surface area contributed by atoms with Gasteiger partial charge in [-0.15, -0.1) is 0 Å². The van der Waals surface area contributed by atoms with Crippen LogP contribution < -0.4 is 10.9 Å². The summed E-state index contributed by atoms with van der Waals surface area (Å²) in [5, 5.41) is 7.40. The first-order valence-electron chi connectivity index (χ1n) is 11.1. The van der Waals surface area contributed by atoms with E-state index in [0.717, 1.165) is 19.3 Å². The predicted octanol–water partition coefficient (Wildman–Crippen LogP) is 5.09. The zero-order valence-corrected chi connectivity index (χ0v) is 19.3. The van der Waals surface area contributed by atoms with Crippen LogP contribution in [0, 0.1) is 6.92 Å². The summed E-state index contributed by atoms with van der Waals surface area (Å²) < 4.78 is 6.77. The highest BCUT2D eigenvalue weighted by atomic mass is 32.2. The minimum absolute atomic E-state index is 0.0584. The van der Waals surface area contributed by atoms with Gasteiger partial charge in [-0.2, -0.15) is 0 Å². The van der Waals surface area contributed by atoms with Crippen molar-refractivity contribution in [3.05, 3.63) is 58.1 Å². The van der Waals surface area contributed by atoms with Crippen molar-refractivity contribution in [1.82, 2.24) is 14.7 Å². The van der Waals surface area contributed by atoms with E-state index in [1.54, 1.807) is 17.6 Å². The second-order valence-electron chi connectivity index (χ2n) is 8.05. The van der Waals surface area contributed by atoms with Gasteiger partial charge >= 0.3 is 0 Å². The first-order valence-corrected chi connectivity index (χ1v) is 12.0. The molecular weight excluding hydrogens is 424 g/mol. The molecule has 1 aliphatic rings. The number of hydrogen-bond acceptors (Lipinski definition) is 6. The Bertz CT molecular complexity index is 1200. The monoisotopic (exact) mass is 452 g/mol. The van der Waals surface area contributed by atoms with Gasteiger partial charge in [0, 0.05) is 12.6 Å². The molecule has 1 N–H and O–H groups in total. The lowest BCUT2D eigenvalue weighted by atomic mass is 9.97. The molecule has 168 valence electrons. The Morgan fingerprint density at radius 1 is 1.31 bits per heavy atom. The number of fused-ring (bicyclic) bond motifs is 1. The summed E-state index contributed by atoms with van der Waals surface area (Å²) in [6.45, 7) is 4.28. The van der Waals surface area contributed by atoms with Crippen LogP contribution in [0.5, 0.6) is 0 Å². The number of benzene rings is 1. The summed E-state index contributed by atoms with van der Waals surface area (Å²) in [6.07, 6.45) is 8.36. The smallest absolute Gasteiger partial charge is 0.262 e. The topological polar surface area (TPSA) is 90.0 Å². The molecule has 1 amide bonds. The van der Waals surface area contributed by atoms with Gasteiger partial charge < -0.3 is 9.84 Å². The number of carbonyl (C=O) groups is 1. The lowest BCUT2D eigenvalue weighted by Crippen LogP contribution is -2.28. The van der Waals surface area contributed by atoms with Gasteiger partial charge in [0.1, 0.15) is 5.76 Å². The van der Waals surface area contributed by atoms with Crippen LogP contribution in [0.3, 0.4) is 0 Å². The predicted molar refractivity (Wildman–Crippen MR) is 127 cm³/mol. The van der Waals surface area contributed by atoms with E-state index in [2.05, 4.69) is 16.5 Å². The average Bonchev–Trinajstić information content (AvgIpc) is 3.22. The minimum atomic E-state index is -0.416. The number of hydrogen-bond donors (Lipinski definition) is 1. The zero-order chi connectivity index (χ0) is 22.5. The Labute approximate surface area is 191 Å². The molecular formula is C24H28N4O3S. The van der Waals surface area contributed by atoms with Crippen LogP contribution in [0.25, 0.3) is 10.9 Å². The summed E-state index contributed by atoms with van der Waals surface area (Å²) in [5.41, 5.74) is 1.99. The molecule has 8 heteroatoms. The number of thioether (sulfide) groups is 1. The second kappa shape index (κ2) is 10.2. The van der Waals surface area contributed by atoms with Crippen LogP contribution in [0.2, 0.25) is 0 Å². The van der Waals surface area contributed by atoms with E-state index in [-0.39, 0.29) is 11.5 Å². The molecule has 4 rings (SSSR count). The molecule has 0 saturated carbocycles. The van der Waals surface area contributed by atoms with Crippen molar-refractivity contribution in [3.8, 4) is 0 Å². The summed E-state index contributed by atoms with van der Waals surface area (Å²) >= 11 is 1.33. The van der Waals surface area contributed by atoms with Crippen LogP contribution in [-0.2, 0) is 11.3 Å². The number of carbonyl (C=O) groups excluding carboxylic acids is 1. The lowest BCUT2D eigenvalue weighted by Gasteiger charge is -2.19. The Morgan fingerprint density at radius 3 is 2.88 bits per heavy atom. The molecule has 1 aliphatic carbocycles. The molecule has 32 heavy (non-hydrogen) atoms. The molecule has 1 atom stereocenters. The maximum Gasteiger partial charge on any atom is 0.262 e. The highest BCUT2D eigenvalue weighted by molar-refractivity contribution is 8.00. The van der Waals surface area contributed by atoms with Crippen LogP contribution in [0.15, 0.2) is 56.5 Å². The van der Waals surface area contributed by atoms with Crippen molar-refractivity contribution in [3.63, 3.8) is 0 Å². The van der Waals surface area contributed by atoms with Gasteiger partial charge in [0.15, 0.2) is 11.0 Å². The highest BCUT2D eigenvalue weighted by Crippen LogP contribution is 2.27. The fourth-order valence-corrected chi connectivity index (χ4v) is 4.94. The largest absolute Gasteiger partial charge is 0.360 e. The van der Waals surface area contributed by atoms with Crippen LogP contribution in [-0.4, -0.2) is 25.9 Å². The molecule has 0 spiro atoms. The number of para-hydroxylation sites is 1. The maximum absolute atomic E-state index is 13.3. The Kier molecular flexibility index (Phi) is 7.09. The van der Waals surface area contributed by atoms with Crippen molar-refractivity contribution >= 4 is 34.4 Å². The normalized spacial score (nSPS) is 14.9. The van der Waals surface area contributed by atoms with E-state index < -0.39 is 5.25 Å². The molecule has 0 fully saturated rings. The Hall–Kier alpha value is -2.87. The fourth-order valence-electron chi connectivity index (χ4n) is 3.90. The van der Waals surface area contributed by atoms with Gasteiger partial charge in [-0.25, -0.2) is 4.98 Å². The average molecular weight is 453 g/mol. The van der Waals surface area contributed by atoms with Crippen LogP contribution in [0.4, 0.5) is 5.82 Å². The van der Waals surface area contributed by atoms with E-state index >= 15 is 0 Å². The third-order valence-corrected chi connectivity index (χ3v) is 7.01. The number of nitrogens with zero attached hydrogens (tertiary/aromatic N) is 3. The van der Waals surface area contributed by atoms with E-state index in [4.69, 9.17) is 9.51 Å². The van der Waals surface area contributed by atoms with Gasteiger partial charge in [0.05, 0.1) is 16.2 Å². The quantitative estimate of drug-likeness (QED) is 0.291. The summed E-state index contributed by atoms with van der Waals surface area (Å²) in [7, 11) is 0. The SMILES string of the molecule is CCC(Sc1nc2ccccc2c(=O)n1CCC1=CCCCC1)C(=O)Nc1cc(C)on1. The third kappa shape index (κ3) is 5.12. The van der Waals surface area contributed by atoms with Crippen molar-refractivity contribution < 1.29 is 9.32 Å². The van der Waals surface area contributed by atoms with E-state index in [1.165, 1.54) is 30.2 Å². The van der Waals surface area contributed by atoms with Crippen molar-refractivity contribution in [2.45, 2.75) is 69.3 Å². The third-order valence-electron chi connectivity index (χ3n) is 5.66. The number of nitrogens with one attached hydrogen (secondary N) is 1. The molecule has 1 unspecified atom stereocenters. The first-order chi connectivity index (χ1) is 15.5. The van der Waals surface area contributed by atoms with Gasteiger partial charge in [0.25, 0.3) is 5.56 Å². The number of allylic oxidation sites excluding steroid dienone is 2. The molecule has 1 aromatic carbocycles. The van der Waals surface area contributed by atoms with Gasteiger partial charge in [-0.1, -0.05) is 47.6 Å². The Balaban J connectivity index is 1.62. The van der Waals surface area contributed by atoms with Crippen molar-refractivity contribution in [1.29, 1.82) is 0 Å². The first kappa shape index (κ1) is 22.3. The van der Waals surface area contributed by atoms with Crippen molar-refractivity contribution in [2.75, 3.05) is 5.32 Å². The van der Waals surface area contributed by atoms with Crippen LogP contribution >= 0.6 is 11.8 Å². The van der Waals surface area contributed by atoms with E-state index in [9.17, 15) is 9.59 Å². The Morgan fingerprint density at radius 2 is 2.16 bits per heavy atom. The van der Waals surface area contributed by atoms with E-state index in [0.29, 0.717) is 40.6 Å². The summed E-state index contributed by atoms with van der Waals surface area (Å²) in [6, 6.07) is 9.06. The highest BCUT2D eigenvalue weighted by Gasteiger charge is 2.23. The summed E-state index contributed by atoms with van der Waals surface area (Å²) in [4.78, 5) is 31.0. The molecule has 7 nitrogen and oxygen atoms in total. The maximum atomic E-state index is 13.3. The molecule has 0 radical (unpaired) electrons. The molecule has 2 heterocycles. The molecule has 0 aliphatic heterocycles. The number of anilines is 1. The van der Waals surface area contributed by atoms with Gasteiger partial charge in [-0.05, 0) is 57.6 Å². The summed E-state index contributed by atoms with van der Waals surface area (Å²) in [5.74, 6) is 0.831.